The van der Waals surface area contributed by atoms with Gasteiger partial charge in [-0.3, -0.25) is 9.59 Å². The van der Waals surface area contributed by atoms with E-state index in [1.54, 1.807) is 12.1 Å². The molecule has 0 aliphatic heterocycles. The van der Waals surface area contributed by atoms with Gasteiger partial charge in [0.1, 0.15) is 0 Å². The molecule has 0 spiro atoms. The second-order valence-corrected chi connectivity index (χ2v) is 4.26. The molecule has 1 aliphatic carbocycles. The van der Waals surface area contributed by atoms with Crippen LogP contribution in [0.5, 0.6) is 0 Å². The van der Waals surface area contributed by atoms with E-state index in [2.05, 4.69) is 0 Å². The smallest absolute Gasteiger partial charge is 0.198 e. The Labute approximate surface area is 103 Å². The Balaban J connectivity index is 2.54. The van der Waals surface area contributed by atoms with Crippen LogP contribution in [0.1, 0.15) is 15.9 Å². The fraction of sp³-hybridized carbons (Fsp3) is 0. The van der Waals surface area contributed by atoms with Crippen LogP contribution in [0.15, 0.2) is 42.0 Å². The van der Waals surface area contributed by atoms with Gasteiger partial charge in [0.15, 0.2) is 12.1 Å². The van der Waals surface area contributed by atoms with Crippen molar-refractivity contribution in [1.82, 2.24) is 0 Å². The van der Waals surface area contributed by atoms with Crippen molar-refractivity contribution in [2.45, 2.75) is 0 Å². The number of benzene rings is 2. The molecule has 0 unspecified atom stereocenters. The third kappa shape index (κ3) is 1.28. The molecule has 2 aromatic rings. The lowest BCUT2D eigenvalue weighted by atomic mass is 9.88. The van der Waals surface area contributed by atoms with E-state index in [0.717, 1.165) is 16.3 Å². The van der Waals surface area contributed by atoms with Crippen LogP contribution in [0.4, 0.5) is 0 Å². The number of Topliss-reactive ketones (excluding diaryl/α,β-unsaturated/α-hetero) is 1. The van der Waals surface area contributed by atoms with E-state index in [4.69, 9.17) is 11.6 Å². The monoisotopic (exact) mass is 242 g/mol. The van der Waals surface area contributed by atoms with Crippen molar-refractivity contribution in [3.63, 3.8) is 0 Å². The maximum atomic E-state index is 12.1. The lowest BCUT2D eigenvalue weighted by Gasteiger charge is -2.16. The van der Waals surface area contributed by atoms with Crippen molar-refractivity contribution in [2.24, 2.45) is 0 Å². The first-order valence-electron chi connectivity index (χ1n) is 5.16. The van der Waals surface area contributed by atoms with E-state index in [1.165, 1.54) is 0 Å². The number of ketones is 1. The molecule has 17 heavy (non-hydrogen) atoms. The van der Waals surface area contributed by atoms with E-state index < -0.39 is 0 Å². The predicted octanol–water partition coefficient (Wildman–Crippen LogP) is 3.18. The van der Waals surface area contributed by atoms with Crippen LogP contribution in [-0.2, 0) is 4.79 Å². The highest BCUT2D eigenvalue weighted by molar-refractivity contribution is 6.56. The summed E-state index contributed by atoms with van der Waals surface area (Å²) in [5.74, 6) is -0.297. The fourth-order valence-corrected chi connectivity index (χ4v) is 2.50. The number of hydrogen-bond acceptors (Lipinski definition) is 2. The standard InChI is InChI=1S/C14H7ClO2/c15-13-9-5-1-3-8-4-2-6-10(12(8)9)14(17)11(13)7-16/h1-7H. The van der Waals surface area contributed by atoms with Crippen molar-refractivity contribution in [3.8, 4) is 0 Å². The molecule has 0 fully saturated rings. The molecule has 0 bridgehead atoms. The molecule has 0 saturated carbocycles. The first-order valence-corrected chi connectivity index (χ1v) is 5.53. The molecule has 1 aliphatic rings. The molecule has 0 heterocycles. The number of rotatable bonds is 1. The summed E-state index contributed by atoms with van der Waals surface area (Å²) < 4.78 is 0. The minimum atomic E-state index is -0.297. The van der Waals surface area contributed by atoms with Crippen molar-refractivity contribution in [3.05, 3.63) is 53.1 Å². The Morgan fingerprint density at radius 1 is 1.00 bits per heavy atom. The average molecular weight is 243 g/mol. The third-order valence-electron chi connectivity index (χ3n) is 2.98. The van der Waals surface area contributed by atoms with E-state index in [0.29, 0.717) is 11.8 Å². The molecule has 3 rings (SSSR count). The van der Waals surface area contributed by atoms with E-state index >= 15 is 0 Å². The van der Waals surface area contributed by atoms with Gasteiger partial charge in [0, 0.05) is 16.5 Å². The third-order valence-corrected chi connectivity index (χ3v) is 3.39. The minimum Gasteiger partial charge on any atom is -0.298 e. The fourth-order valence-electron chi connectivity index (χ4n) is 2.21. The first-order chi connectivity index (χ1) is 8.24. The van der Waals surface area contributed by atoms with Gasteiger partial charge in [0.25, 0.3) is 0 Å². The molecular formula is C14H7ClO2. The van der Waals surface area contributed by atoms with Gasteiger partial charge in [-0.1, -0.05) is 48.0 Å². The number of aldehydes is 1. The van der Waals surface area contributed by atoms with E-state index in [1.807, 2.05) is 24.3 Å². The first kappa shape index (κ1) is 10.2. The molecule has 0 saturated heterocycles. The molecular weight excluding hydrogens is 236 g/mol. The van der Waals surface area contributed by atoms with Gasteiger partial charge in [0.2, 0.25) is 0 Å². The zero-order valence-corrected chi connectivity index (χ0v) is 9.49. The zero-order chi connectivity index (χ0) is 12.0. The van der Waals surface area contributed by atoms with Gasteiger partial charge in [0.05, 0.1) is 10.6 Å². The highest BCUT2D eigenvalue weighted by atomic mass is 35.5. The summed E-state index contributed by atoms with van der Waals surface area (Å²) >= 11 is 6.10. The lowest BCUT2D eigenvalue weighted by Crippen LogP contribution is -2.11. The average Bonchev–Trinajstić information content (AvgIpc) is 2.36. The molecule has 0 radical (unpaired) electrons. The van der Waals surface area contributed by atoms with Gasteiger partial charge in [-0.25, -0.2) is 0 Å². The molecule has 0 aromatic heterocycles. The van der Waals surface area contributed by atoms with Crippen LogP contribution in [0, 0.1) is 0 Å². The van der Waals surface area contributed by atoms with Gasteiger partial charge in [-0.05, 0) is 5.39 Å². The van der Waals surface area contributed by atoms with Crippen LogP contribution >= 0.6 is 11.6 Å². The molecule has 2 nitrogen and oxygen atoms in total. The Kier molecular flexibility index (Phi) is 2.13. The van der Waals surface area contributed by atoms with Crippen LogP contribution < -0.4 is 0 Å². The Morgan fingerprint density at radius 2 is 1.65 bits per heavy atom. The minimum absolute atomic E-state index is 0.0397. The lowest BCUT2D eigenvalue weighted by molar-refractivity contribution is -0.104. The van der Waals surface area contributed by atoms with Crippen molar-refractivity contribution in [2.75, 3.05) is 0 Å². The number of carbonyl (C=O) groups excluding carboxylic acids is 2. The number of carbonyl (C=O) groups is 2. The second-order valence-electron chi connectivity index (χ2n) is 3.88. The largest absolute Gasteiger partial charge is 0.298 e. The molecule has 0 atom stereocenters. The van der Waals surface area contributed by atoms with E-state index in [9.17, 15) is 9.59 Å². The van der Waals surface area contributed by atoms with Crippen LogP contribution in [0.25, 0.3) is 15.8 Å². The predicted molar refractivity (Wildman–Crippen MR) is 67.1 cm³/mol. The summed E-state index contributed by atoms with van der Waals surface area (Å²) in [6, 6.07) is 11.1. The SMILES string of the molecule is O=CC1=C(Cl)c2cccc3cccc(c23)C1=O. The van der Waals surface area contributed by atoms with Gasteiger partial charge >= 0.3 is 0 Å². The normalized spacial score (nSPS) is 14.3. The van der Waals surface area contributed by atoms with Crippen LogP contribution in [0.3, 0.4) is 0 Å². The summed E-state index contributed by atoms with van der Waals surface area (Å²) in [6.07, 6.45) is 0.527. The summed E-state index contributed by atoms with van der Waals surface area (Å²) in [7, 11) is 0. The quantitative estimate of drug-likeness (QED) is 0.569. The summed E-state index contributed by atoms with van der Waals surface area (Å²) in [5, 5.41) is 2.03. The van der Waals surface area contributed by atoms with Crippen molar-refractivity contribution < 1.29 is 9.59 Å². The maximum absolute atomic E-state index is 12.1. The highest BCUT2D eigenvalue weighted by Gasteiger charge is 2.25. The highest BCUT2D eigenvalue weighted by Crippen LogP contribution is 2.37. The molecule has 3 heteroatoms. The number of allylic oxidation sites excluding steroid dienone is 1. The van der Waals surface area contributed by atoms with Crippen molar-refractivity contribution >= 4 is 39.5 Å². The number of hydrogen-bond donors (Lipinski definition) is 0. The van der Waals surface area contributed by atoms with E-state index in [-0.39, 0.29) is 16.4 Å². The Hall–Kier alpha value is -1.93. The topological polar surface area (TPSA) is 34.1 Å². The van der Waals surface area contributed by atoms with Crippen molar-refractivity contribution in [1.29, 1.82) is 0 Å². The van der Waals surface area contributed by atoms with Gasteiger partial charge < -0.3 is 0 Å². The second kappa shape index (κ2) is 3.54. The molecule has 0 amide bonds. The van der Waals surface area contributed by atoms with Gasteiger partial charge in [-0.2, -0.15) is 0 Å². The zero-order valence-electron chi connectivity index (χ0n) is 8.74. The molecule has 82 valence electrons. The number of halogens is 1. The summed E-state index contributed by atoms with van der Waals surface area (Å²) in [6.45, 7) is 0. The summed E-state index contributed by atoms with van der Waals surface area (Å²) in [4.78, 5) is 23.0. The van der Waals surface area contributed by atoms with Crippen LogP contribution in [0.2, 0.25) is 0 Å². The van der Waals surface area contributed by atoms with Gasteiger partial charge in [-0.15, -0.1) is 0 Å². The Bertz CT molecular complexity index is 693. The van der Waals surface area contributed by atoms with Crippen LogP contribution in [-0.4, -0.2) is 12.1 Å². The Morgan fingerprint density at radius 3 is 2.29 bits per heavy atom. The summed E-state index contributed by atoms with van der Waals surface area (Å²) in [5.41, 5.74) is 1.34. The molecule has 2 aromatic carbocycles. The maximum Gasteiger partial charge on any atom is 0.198 e. The molecule has 0 N–H and O–H groups in total.